The first-order valence-electron chi connectivity index (χ1n) is 7.55. The van der Waals surface area contributed by atoms with Gasteiger partial charge in [-0.2, -0.15) is 0 Å². The van der Waals surface area contributed by atoms with Crippen LogP contribution < -0.4 is 0 Å². The minimum absolute atomic E-state index is 0.0417. The van der Waals surface area contributed by atoms with Crippen LogP contribution in [-0.2, 0) is 0 Å². The number of aldehydes is 1. The predicted octanol–water partition coefficient (Wildman–Crippen LogP) is 4.70. The van der Waals surface area contributed by atoms with E-state index in [0.717, 1.165) is 22.6 Å². The number of hydrogen-bond acceptors (Lipinski definition) is 3. The van der Waals surface area contributed by atoms with E-state index in [2.05, 4.69) is 0 Å². The first-order valence-corrected chi connectivity index (χ1v) is 7.93. The molecule has 0 amide bonds. The summed E-state index contributed by atoms with van der Waals surface area (Å²) in [5.41, 5.74) is 0.712. The number of carboxylic acids is 2. The van der Waals surface area contributed by atoms with Crippen LogP contribution in [0.4, 0.5) is 0 Å². The molecule has 132 valence electrons. The molecular formula is C20H15ClO5. The van der Waals surface area contributed by atoms with Crippen molar-refractivity contribution in [2.75, 3.05) is 0 Å². The van der Waals surface area contributed by atoms with Gasteiger partial charge in [0.05, 0.1) is 16.1 Å². The number of hydrogen-bond donors (Lipinski definition) is 2. The molecule has 0 radical (unpaired) electrons. The van der Waals surface area contributed by atoms with Crippen molar-refractivity contribution in [3.63, 3.8) is 0 Å². The van der Waals surface area contributed by atoms with Crippen molar-refractivity contribution in [3.8, 4) is 0 Å². The average Bonchev–Trinajstić information content (AvgIpc) is 2.61. The number of aromatic carboxylic acids is 2. The van der Waals surface area contributed by atoms with Crippen molar-refractivity contribution in [3.05, 3.63) is 81.9 Å². The van der Waals surface area contributed by atoms with E-state index in [1.165, 1.54) is 19.1 Å². The number of carbonyl (C=O) groups excluding carboxylic acids is 1. The summed E-state index contributed by atoms with van der Waals surface area (Å²) in [4.78, 5) is 32.0. The lowest BCUT2D eigenvalue weighted by Gasteiger charge is -2.06. The Morgan fingerprint density at radius 2 is 1.58 bits per heavy atom. The number of carboxylic acid groups (broad SMARTS) is 2. The Balaban J connectivity index is 0.000000189. The zero-order chi connectivity index (χ0) is 19.3. The summed E-state index contributed by atoms with van der Waals surface area (Å²) < 4.78 is 0. The summed E-state index contributed by atoms with van der Waals surface area (Å²) in [6, 6.07) is 16.1. The molecule has 0 bridgehead atoms. The van der Waals surface area contributed by atoms with E-state index in [1.807, 2.05) is 42.5 Å². The maximum absolute atomic E-state index is 10.7. The number of fused-ring (bicyclic) bond motifs is 1. The van der Waals surface area contributed by atoms with E-state index in [1.54, 1.807) is 0 Å². The maximum atomic E-state index is 10.7. The fourth-order valence-electron chi connectivity index (χ4n) is 2.53. The van der Waals surface area contributed by atoms with Crippen LogP contribution >= 0.6 is 11.6 Å². The van der Waals surface area contributed by atoms with Crippen molar-refractivity contribution in [1.29, 1.82) is 0 Å². The highest BCUT2D eigenvalue weighted by molar-refractivity contribution is 6.33. The van der Waals surface area contributed by atoms with Gasteiger partial charge in [-0.1, -0.05) is 54.1 Å². The minimum atomic E-state index is -1.23. The fourth-order valence-corrected chi connectivity index (χ4v) is 2.81. The third kappa shape index (κ3) is 4.07. The van der Waals surface area contributed by atoms with Crippen LogP contribution in [0.3, 0.4) is 0 Å². The molecule has 0 heterocycles. The lowest BCUT2D eigenvalue weighted by atomic mass is 10.0. The second-order valence-electron chi connectivity index (χ2n) is 5.39. The van der Waals surface area contributed by atoms with Crippen molar-refractivity contribution in [2.45, 2.75) is 6.92 Å². The van der Waals surface area contributed by atoms with E-state index < -0.39 is 11.9 Å². The third-order valence-corrected chi connectivity index (χ3v) is 4.12. The van der Waals surface area contributed by atoms with Gasteiger partial charge in [-0.3, -0.25) is 4.79 Å². The van der Waals surface area contributed by atoms with Gasteiger partial charge in [-0.25, -0.2) is 9.59 Å². The van der Waals surface area contributed by atoms with Gasteiger partial charge in [-0.05, 0) is 35.4 Å². The number of carbonyl (C=O) groups is 3. The molecule has 0 saturated heterocycles. The Bertz CT molecular complexity index is 989. The van der Waals surface area contributed by atoms with Gasteiger partial charge in [0.1, 0.15) is 0 Å². The van der Waals surface area contributed by atoms with Crippen LogP contribution in [0, 0.1) is 6.92 Å². The van der Waals surface area contributed by atoms with Gasteiger partial charge < -0.3 is 10.2 Å². The van der Waals surface area contributed by atoms with Crippen LogP contribution in [0.1, 0.15) is 36.6 Å². The Kier molecular flexibility index (Phi) is 6.09. The lowest BCUT2D eigenvalue weighted by Crippen LogP contribution is -2.07. The first-order chi connectivity index (χ1) is 12.4. The van der Waals surface area contributed by atoms with Gasteiger partial charge in [-0.15, -0.1) is 0 Å². The monoisotopic (exact) mass is 370 g/mol. The van der Waals surface area contributed by atoms with Crippen LogP contribution in [0.15, 0.2) is 54.6 Å². The van der Waals surface area contributed by atoms with E-state index in [-0.39, 0.29) is 21.7 Å². The molecule has 0 fully saturated rings. The van der Waals surface area contributed by atoms with E-state index in [4.69, 9.17) is 21.8 Å². The summed E-state index contributed by atoms with van der Waals surface area (Å²) >= 11 is 5.63. The average molecular weight is 371 g/mol. The molecule has 2 N–H and O–H groups in total. The molecule has 0 saturated carbocycles. The quantitative estimate of drug-likeness (QED) is 0.652. The largest absolute Gasteiger partial charge is 0.478 e. The minimum Gasteiger partial charge on any atom is -0.478 e. The van der Waals surface area contributed by atoms with Crippen molar-refractivity contribution in [1.82, 2.24) is 0 Å². The molecule has 0 atom stereocenters. The second kappa shape index (κ2) is 8.27. The lowest BCUT2D eigenvalue weighted by molar-refractivity contribution is 0.0696. The standard InChI is InChI=1S/C11H8O.C9H7ClO4/c12-8-10-6-3-5-9-4-1-2-7-11(9)10;1-4-5(8(11)12)2-3-6(10)7(4)9(13)14/h1-8H;2-3H,1H3,(H,11,12)(H,13,14). The molecule has 5 nitrogen and oxygen atoms in total. The highest BCUT2D eigenvalue weighted by atomic mass is 35.5. The van der Waals surface area contributed by atoms with Gasteiger partial charge in [0.25, 0.3) is 0 Å². The Morgan fingerprint density at radius 1 is 0.923 bits per heavy atom. The third-order valence-electron chi connectivity index (χ3n) is 3.81. The number of rotatable bonds is 3. The summed E-state index contributed by atoms with van der Waals surface area (Å²) in [5, 5.41) is 19.7. The fraction of sp³-hybridized carbons (Fsp3) is 0.0500. The predicted molar refractivity (Wildman–Crippen MR) is 99.4 cm³/mol. The molecule has 0 unspecified atom stereocenters. The van der Waals surface area contributed by atoms with Gasteiger partial charge in [0.15, 0.2) is 6.29 Å². The zero-order valence-electron chi connectivity index (χ0n) is 13.8. The molecule has 3 aromatic carbocycles. The number of benzene rings is 3. The highest BCUT2D eigenvalue weighted by Gasteiger charge is 2.17. The molecule has 3 aromatic rings. The SMILES string of the molecule is Cc1c(C(=O)O)ccc(Cl)c1C(=O)O.O=Cc1cccc2ccccc12. The second-order valence-corrected chi connectivity index (χ2v) is 5.80. The van der Waals surface area contributed by atoms with Crippen molar-refractivity contribution >= 4 is 40.6 Å². The van der Waals surface area contributed by atoms with E-state index in [0.29, 0.717) is 0 Å². The van der Waals surface area contributed by atoms with Crippen LogP contribution in [0.25, 0.3) is 10.8 Å². The van der Waals surface area contributed by atoms with Gasteiger partial charge in [0.2, 0.25) is 0 Å². The Hall–Kier alpha value is -3.18. The molecule has 6 heteroatoms. The number of halogens is 1. The normalized spacial score (nSPS) is 9.92. The summed E-state index contributed by atoms with van der Waals surface area (Å²) in [6.45, 7) is 1.42. The molecule has 0 aromatic heterocycles. The summed E-state index contributed by atoms with van der Waals surface area (Å²) in [6.07, 6.45) is 0.891. The van der Waals surface area contributed by atoms with Crippen LogP contribution in [0.5, 0.6) is 0 Å². The Labute approximate surface area is 154 Å². The zero-order valence-corrected chi connectivity index (χ0v) is 14.5. The molecule has 3 rings (SSSR count). The van der Waals surface area contributed by atoms with Gasteiger partial charge in [0, 0.05) is 5.56 Å². The molecule has 26 heavy (non-hydrogen) atoms. The summed E-state index contributed by atoms with van der Waals surface area (Å²) in [5.74, 6) is -2.39. The maximum Gasteiger partial charge on any atom is 0.337 e. The van der Waals surface area contributed by atoms with Crippen molar-refractivity contribution in [2.24, 2.45) is 0 Å². The molecule has 0 aliphatic carbocycles. The Morgan fingerprint density at radius 3 is 2.19 bits per heavy atom. The smallest absolute Gasteiger partial charge is 0.337 e. The van der Waals surface area contributed by atoms with Gasteiger partial charge >= 0.3 is 11.9 Å². The van der Waals surface area contributed by atoms with E-state index >= 15 is 0 Å². The van der Waals surface area contributed by atoms with Crippen molar-refractivity contribution < 1.29 is 24.6 Å². The molecule has 0 aliphatic rings. The highest BCUT2D eigenvalue weighted by Crippen LogP contribution is 2.23. The van der Waals surface area contributed by atoms with Crippen LogP contribution in [0.2, 0.25) is 5.02 Å². The topological polar surface area (TPSA) is 91.7 Å². The molecule has 0 spiro atoms. The molecule has 0 aliphatic heterocycles. The first kappa shape index (κ1) is 19.1. The van der Waals surface area contributed by atoms with Crippen LogP contribution in [-0.4, -0.2) is 28.4 Å². The van der Waals surface area contributed by atoms with E-state index in [9.17, 15) is 14.4 Å². The molecular weight excluding hydrogens is 356 g/mol. The summed E-state index contributed by atoms with van der Waals surface area (Å²) in [7, 11) is 0.